The Balaban J connectivity index is 0.000000609. The first-order chi connectivity index (χ1) is 15.9. The van der Waals surface area contributed by atoms with E-state index in [-0.39, 0.29) is 0 Å². The van der Waals surface area contributed by atoms with Crippen molar-refractivity contribution in [1.29, 1.82) is 0 Å². The van der Waals surface area contributed by atoms with Gasteiger partial charge in [0.25, 0.3) is 0 Å². The van der Waals surface area contributed by atoms with E-state index in [1.165, 1.54) is 41.5 Å². The minimum atomic E-state index is 1.04. The molecule has 1 heterocycles. The first-order valence-electron chi connectivity index (χ1n) is 12.0. The number of aryl methyl sites for hydroxylation is 4. The average Bonchev–Trinajstić information content (AvgIpc) is 2.84. The minimum absolute atomic E-state index is 1.04. The van der Waals surface area contributed by atoms with Crippen LogP contribution in [0.1, 0.15) is 74.8 Å². The molecule has 3 aromatic rings. The highest BCUT2D eigenvalue weighted by molar-refractivity contribution is 5.62. The van der Waals surface area contributed by atoms with Crippen molar-refractivity contribution in [3.63, 3.8) is 0 Å². The van der Waals surface area contributed by atoms with E-state index in [1.54, 1.807) is 6.92 Å². The van der Waals surface area contributed by atoms with Gasteiger partial charge >= 0.3 is 0 Å². The fourth-order valence-corrected chi connectivity index (χ4v) is 3.00. The quantitative estimate of drug-likeness (QED) is 0.274. The van der Waals surface area contributed by atoms with E-state index in [9.17, 15) is 0 Å². The van der Waals surface area contributed by atoms with Crippen molar-refractivity contribution < 1.29 is 0 Å². The van der Waals surface area contributed by atoms with Crippen molar-refractivity contribution in [2.75, 3.05) is 0 Å². The number of rotatable bonds is 6. The van der Waals surface area contributed by atoms with Crippen LogP contribution in [0.3, 0.4) is 0 Å². The molecule has 0 spiro atoms. The molecule has 0 aliphatic carbocycles. The van der Waals surface area contributed by atoms with Crippen LogP contribution in [0, 0.1) is 33.1 Å². The van der Waals surface area contributed by atoms with Gasteiger partial charge in [0.05, 0.1) is 5.69 Å². The first-order valence-corrected chi connectivity index (χ1v) is 12.0. The number of aromatic nitrogens is 1. The maximum absolute atomic E-state index is 4.60. The lowest BCUT2D eigenvalue weighted by atomic mass is 10.1. The van der Waals surface area contributed by atoms with Gasteiger partial charge in [-0.25, -0.2) is 0 Å². The van der Waals surface area contributed by atoms with Gasteiger partial charge in [-0.2, -0.15) is 0 Å². The molecule has 0 amide bonds. The maximum atomic E-state index is 4.60. The fraction of sp³-hybridized carbons (Fsp3) is 0.344. The molecule has 0 N–H and O–H groups in total. The molecule has 0 saturated carbocycles. The molecule has 0 aliphatic rings. The minimum Gasteiger partial charge on any atom is -0.256 e. The Morgan fingerprint density at radius 1 is 0.909 bits per heavy atom. The zero-order valence-electron chi connectivity index (χ0n) is 21.9. The monoisotopic (exact) mass is 441 g/mol. The van der Waals surface area contributed by atoms with Crippen LogP contribution in [-0.2, 0) is 6.42 Å². The van der Waals surface area contributed by atoms with E-state index < -0.39 is 0 Å². The molecule has 176 valence electrons. The number of hydrogen-bond donors (Lipinski definition) is 0. The predicted molar refractivity (Wildman–Crippen MR) is 150 cm³/mol. The van der Waals surface area contributed by atoms with Gasteiger partial charge in [0.1, 0.15) is 0 Å². The highest BCUT2D eigenvalue weighted by atomic mass is 14.7. The molecule has 0 unspecified atom stereocenters. The van der Waals surface area contributed by atoms with Crippen LogP contribution in [0.25, 0.3) is 17.3 Å². The second-order valence-corrected chi connectivity index (χ2v) is 7.71. The van der Waals surface area contributed by atoms with E-state index in [4.69, 9.17) is 0 Å². The van der Waals surface area contributed by atoms with Crippen molar-refractivity contribution in [2.24, 2.45) is 0 Å². The Labute approximate surface area is 204 Å². The van der Waals surface area contributed by atoms with Gasteiger partial charge < -0.3 is 0 Å². The Bertz CT molecular complexity index is 941. The van der Waals surface area contributed by atoms with E-state index in [0.717, 1.165) is 23.2 Å². The highest BCUT2D eigenvalue weighted by Crippen LogP contribution is 2.18. The summed E-state index contributed by atoms with van der Waals surface area (Å²) in [5.74, 6) is 2.25. The summed E-state index contributed by atoms with van der Waals surface area (Å²) in [5.41, 5.74) is 8.77. The van der Waals surface area contributed by atoms with Crippen LogP contribution in [0.2, 0.25) is 0 Å². The Hall–Kier alpha value is -3.11. The summed E-state index contributed by atoms with van der Waals surface area (Å²) >= 11 is 0. The third-order valence-corrected chi connectivity index (χ3v) is 5.00. The van der Waals surface area contributed by atoms with Crippen molar-refractivity contribution in [3.05, 3.63) is 95.2 Å². The topological polar surface area (TPSA) is 12.9 Å². The van der Waals surface area contributed by atoms with Gasteiger partial charge in [-0.05, 0) is 68.9 Å². The van der Waals surface area contributed by atoms with Gasteiger partial charge in [-0.1, -0.05) is 100 Å². The maximum Gasteiger partial charge on any atom is 0.0702 e. The lowest BCUT2D eigenvalue weighted by Gasteiger charge is -2.04. The summed E-state index contributed by atoms with van der Waals surface area (Å²) in [6, 6.07) is 19.1. The molecular weight excluding hydrogens is 398 g/mol. The van der Waals surface area contributed by atoms with Crippen LogP contribution < -0.4 is 0 Å². The summed E-state index contributed by atoms with van der Waals surface area (Å²) in [6.07, 6.45) is 13.4. The molecule has 1 aromatic heterocycles. The smallest absolute Gasteiger partial charge is 0.0702 e. The zero-order valence-corrected chi connectivity index (χ0v) is 21.9. The summed E-state index contributed by atoms with van der Waals surface area (Å²) in [7, 11) is 0. The van der Waals surface area contributed by atoms with Crippen molar-refractivity contribution in [1.82, 2.24) is 4.98 Å². The lowest BCUT2D eigenvalue weighted by molar-refractivity contribution is 0.716. The molecule has 1 heteroatoms. The van der Waals surface area contributed by atoms with Gasteiger partial charge in [0, 0.05) is 11.8 Å². The normalized spacial score (nSPS) is 9.03. The third-order valence-electron chi connectivity index (χ3n) is 5.00. The second-order valence-electron chi connectivity index (χ2n) is 7.71. The zero-order chi connectivity index (χ0) is 25.1. The second kappa shape index (κ2) is 18.5. The Morgan fingerprint density at radius 3 is 2.00 bits per heavy atom. The van der Waals surface area contributed by atoms with Crippen LogP contribution in [-0.4, -0.2) is 4.98 Å². The van der Waals surface area contributed by atoms with Gasteiger partial charge in [0.2, 0.25) is 0 Å². The molecule has 0 fully saturated rings. The largest absolute Gasteiger partial charge is 0.256 e. The lowest BCUT2D eigenvalue weighted by Crippen LogP contribution is -1.89. The third kappa shape index (κ3) is 12.5. The van der Waals surface area contributed by atoms with Crippen molar-refractivity contribution in [2.45, 2.75) is 74.1 Å². The molecule has 0 radical (unpaired) electrons. The van der Waals surface area contributed by atoms with Gasteiger partial charge in [-0.3, -0.25) is 4.98 Å². The SMILES string of the molecule is C#CC.C=Cc1ccc(-c2ccc(CCCCC)cn2)cc1.CC.Cc1ccc(C)c(C)c1. The van der Waals surface area contributed by atoms with E-state index in [0.29, 0.717) is 0 Å². The van der Waals surface area contributed by atoms with Crippen molar-refractivity contribution in [3.8, 4) is 23.6 Å². The fourth-order valence-electron chi connectivity index (χ4n) is 3.00. The van der Waals surface area contributed by atoms with Crippen LogP contribution in [0.5, 0.6) is 0 Å². The number of benzene rings is 2. The first kappa shape index (κ1) is 29.9. The Morgan fingerprint density at radius 2 is 1.55 bits per heavy atom. The molecule has 3 rings (SSSR count). The number of pyridine rings is 1. The van der Waals surface area contributed by atoms with Gasteiger partial charge in [-0.15, -0.1) is 12.3 Å². The molecule has 0 saturated heterocycles. The Kier molecular flexibility index (Phi) is 16.7. The summed E-state index contributed by atoms with van der Waals surface area (Å²) in [6.45, 7) is 18.0. The number of unbranched alkanes of at least 4 members (excludes halogenated alkanes) is 2. The van der Waals surface area contributed by atoms with E-state index >= 15 is 0 Å². The predicted octanol–water partition coefficient (Wildman–Crippen LogP) is 9.40. The number of terminal acetylenes is 1. The highest BCUT2D eigenvalue weighted by Gasteiger charge is 2.00. The van der Waals surface area contributed by atoms with Crippen molar-refractivity contribution >= 4 is 6.08 Å². The summed E-state index contributed by atoms with van der Waals surface area (Å²) < 4.78 is 0. The van der Waals surface area contributed by atoms with Crippen LogP contribution in [0.4, 0.5) is 0 Å². The van der Waals surface area contributed by atoms with Crippen LogP contribution >= 0.6 is 0 Å². The molecule has 0 atom stereocenters. The summed E-state index contributed by atoms with van der Waals surface area (Å²) in [4.78, 5) is 4.56. The molecule has 1 nitrogen and oxygen atoms in total. The molecular formula is C32H43N. The summed E-state index contributed by atoms with van der Waals surface area (Å²) in [5, 5.41) is 0. The number of nitrogens with zero attached hydrogens (tertiary/aromatic N) is 1. The number of hydrogen-bond acceptors (Lipinski definition) is 1. The average molecular weight is 442 g/mol. The molecule has 33 heavy (non-hydrogen) atoms. The van der Waals surface area contributed by atoms with Crippen LogP contribution in [0.15, 0.2) is 67.4 Å². The van der Waals surface area contributed by atoms with E-state index in [1.807, 2.05) is 26.1 Å². The van der Waals surface area contributed by atoms with E-state index in [2.05, 4.69) is 106 Å². The van der Waals surface area contributed by atoms with Gasteiger partial charge in [0.15, 0.2) is 0 Å². The standard InChI is InChI=1S/C18H21N.C9H12.C3H4.C2H6/c1-3-5-6-7-16-10-13-18(19-14-16)17-11-8-15(4-2)9-12-17;1-7-4-5-8(2)9(3)6-7;1-3-2;1-2/h4,8-14H,2-3,5-7H2,1H3;4-6H,1-3H3;1H,2H3;1-2H3. The molecule has 2 aromatic carbocycles. The molecule has 0 aliphatic heterocycles. The molecule has 0 bridgehead atoms.